The number of methoxy groups -OCH3 is 1. The van der Waals surface area contributed by atoms with Crippen LogP contribution in [0.5, 0.6) is 11.5 Å². The third-order valence-corrected chi connectivity index (χ3v) is 6.48. The van der Waals surface area contributed by atoms with Crippen molar-refractivity contribution in [3.05, 3.63) is 30.1 Å². The molecule has 1 aliphatic rings. The zero-order chi connectivity index (χ0) is 21.5. The van der Waals surface area contributed by atoms with Crippen molar-refractivity contribution >= 4 is 17.7 Å². The van der Waals surface area contributed by atoms with Crippen molar-refractivity contribution in [2.24, 2.45) is 0 Å². The maximum Gasteiger partial charge on any atom is 0.233 e. The highest BCUT2D eigenvalue weighted by atomic mass is 32.2. The highest BCUT2D eigenvalue weighted by Gasteiger charge is 2.25. The van der Waals surface area contributed by atoms with Crippen molar-refractivity contribution in [2.45, 2.75) is 82.0 Å². The summed E-state index contributed by atoms with van der Waals surface area (Å²) < 4.78 is 13.5. The van der Waals surface area contributed by atoms with Gasteiger partial charge in [-0.2, -0.15) is 0 Å². The molecular formula is C22H32N4O3S. The van der Waals surface area contributed by atoms with E-state index in [1.54, 1.807) is 7.11 Å². The summed E-state index contributed by atoms with van der Waals surface area (Å²) in [6, 6.07) is 7.85. The van der Waals surface area contributed by atoms with Gasteiger partial charge in [-0.25, -0.2) is 0 Å². The first-order chi connectivity index (χ1) is 14.5. The number of ether oxygens (including phenoxy) is 2. The molecule has 0 aliphatic heterocycles. The minimum Gasteiger partial charge on any atom is -0.493 e. The van der Waals surface area contributed by atoms with Crippen molar-refractivity contribution in [3.8, 4) is 11.5 Å². The highest BCUT2D eigenvalue weighted by Crippen LogP contribution is 2.31. The Hall–Kier alpha value is -2.22. The number of aromatic nitrogens is 3. The number of rotatable bonds is 9. The van der Waals surface area contributed by atoms with E-state index in [0.717, 1.165) is 23.8 Å². The molecule has 2 aromatic rings. The van der Waals surface area contributed by atoms with E-state index in [1.807, 2.05) is 49.6 Å². The van der Waals surface area contributed by atoms with Gasteiger partial charge in [-0.05, 0) is 45.7 Å². The number of benzene rings is 1. The molecule has 7 nitrogen and oxygen atoms in total. The summed E-state index contributed by atoms with van der Waals surface area (Å²) in [7, 11) is 1.62. The van der Waals surface area contributed by atoms with Gasteiger partial charge in [0.05, 0.1) is 12.4 Å². The van der Waals surface area contributed by atoms with Gasteiger partial charge in [-0.3, -0.25) is 4.79 Å². The lowest BCUT2D eigenvalue weighted by molar-refractivity contribution is -0.121. The SMILES string of the molecule is CCn1c(SC(C)C(=O)NC2CCCCC2)nnc1C(C)Oc1ccccc1OC. The monoisotopic (exact) mass is 432 g/mol. The molecule has 1 saturated carbocycles. The number of hydrogen-bond acceptors (Lipinski definition) is 6. The fourth-order valence-electron chi connectivity index (χ4n) is 3.72. The highest BCUT2D eigenvalue weighted by molar-refractivity contribution is 8.00. The van der Waals surface area contributed by atoms with Crippen LogP contribution in [0.4, 0.5) is 0 Å². The van der Waals surface area contributed by atoms with Crippen LogP contribution in [0.2, 0.25) is 0 Å². The molecule has 0 radical (unpaired) electrons. The molecule has 1 aromatic carbocycles. The average molecular weight is 433 g/mol. The summed E-state index contributed by atoms with van der Waals surface area (Å²) in [5.41, 5.74) is 0. The van der Waals surface area contributed by atoms with Crippen molar-refractivity contribution in [2.75, 3.05) is 7.11 Å². The molecule has 0 saturated heterocycles. The van der Waals surface area contributed by atoms with E-state index in [-0.39, 0.29) is 17.3 Å². The molecule has 1 N–H and O–H groups in total. The molecule has 2 unspecified atom stereocenters. The Bertz CT molecular complexity index is 836. The summed E-state index contributed by atoms with van der Waals surface area (Å²) in [6.45, 7) is 6.60. The Kier molecular flexibility index (Phi) is 8.01. The van der Waals surface area contributed by atoms with Crippen LogP contribution >= 0.6 is 11.8 Å². The number of para-hydroxylation sites is 2. The van der Waals surface area contributed by atoms with Crippen molar-refractivity contribution in [3.63, 3.8) is 0 Å². The summed E-state index contributed by atoms with van der Waals surface area (Å²) >= 11 is 1.44. The molecule has 164 valence electrons. The lowest BCUT2D eigenvalue weighted by atomic mass is 9.95. The Morgan fingerprint density at radius 3 is 2.57 bits per heavy atom. The fraction of sp³-hybridized carbons (Fsp3) is 0.591. The smallest absolute Gasteiger partial charge is 0.233 e. The first-order valence-corrected chi connectivity index (χ1v) is 11.6. The van der Waals surface area contributed by atoms with Gasteiger partial charge >= 0.3 is 0 Å². The van der Waals surface area contributed by atoms with Gasteiger partial charge in [-0.1, -0.05) is 43.2 Å². The molecule has 1 aliphatic carbocycles. The number of hydrogen-bond donors (Lipinski definition) is 1. The molecular weight excluding hydrogens is 400 g/mol. The summed E-state index contributed by atoms with van der Waals surface area (Å²) in [5.74, 6) is 2.13. The number of nitrogens with zero attached hydrogens (tertiary/aromatic N) is 3. The minimum absolute atomic E-state index is 0.0671. The molecule has 0 bridgehead atoms. The average Bonchev–Trinajstić information content (AvgIpc) is 3.17. The minimum atomic E-state index is -0.311. The van der Waals surface area contributed by atoms with Crippen molar-refractivity contribution in [1.82, 2.24) is 20.1 Å². The number of nitrogens with one attached hydrogen (secondary N) is 1. The number of amides is 1. The normalized spacial score (nSPS) is 16.7. The molecule has 2 atom stereocenters. The van der Waals surface area contributed by atoms with E-state index in [0.29, 0.717) is 24.1 Å². The summed E-state index contributed by atoms with van der Waals surface area (Å²) in [5, 5.41) is 12.4. The molecule has 1 amide bonds. The fourth-order valence-corrected chi connectivity index (χ4v) is 4.65. The third kappa shape index (κ3) is 5.47. The van der Waals surface area contributed by atoms with Crippen LogP contribution in [0.15, 0.2) is 29.4 Å². The lowest BCUT2D eigenvalue weighted by Gasteiger charge is -2.24. The van der Waals surface area contributed by atoms with E-state index in [2.05, 4.69) is 15.5 Å². The quantitative estimate of drug-likeness (QED) is 0.593. The number of thioether (sulfide) groups is 1. The lowest BCUT2D eigenvalue weighted by Crippen LogP contribution is -2.40. The molecule has 0 spiro atoms. The first kappa shape index (κ1) is 22.5. The van der Waals surface area contributed by atoms with Gasteiger partial charge in [0.2, 0.25) is 5.91 Å². The Morgan fingerprint density at radius 1 is 1.20 bits per heavy atom. The third-order valence-electron chi connectivity index (χ3n) is 5.40. The topological polar surface area (TPSA) is 78.3 Å². The zero-order valence-electron chi connectivity index (χ0n) is 18.3. The van der Waals surface area contributed by atoms with Gasteiger partial charge in [-0.15, -0.1) is 10.2 Å². The van der Waals surface area contributed by atoms with E-state index in [4.69, 9.17) is 9.47 Å². The largest absolute Gasteiger partial charge is 0.493 e. The summed E-state index contributed by atoms with van der Waals surface area (Å²) in [4.78, 5) is 12.6. The molecule has 30 heavy (non-hydrogen) atoms. The molecule has 1 aromatic heterocycles. The maximum atomic E-state index is 12.6. The number of carbonyl (C=O) groups excluding carboxylic acids is 1. The Labute approximate surface area is 182 Å². The first-order valence-electron chi connectivity index (χ1n) is 10.7. The maximum absolute atomic E-state index is 12.6. The molecule has 1 heterocycles. The standard InChI is InChI=1S/C22H32N4O3S/c1-5-26-20(15(2)29-19-14-10-9-13-18(19)28-4)24-25-22(26)30-16(3)21(27)23-17-11-7-6-8-12-17/h9-10,13-17H,5-8,11-12H2,1-4H3,(H,23,27). The van der Waals surface area contributed by atoms with Crippen LogP contribution in [0.25, 0.3) is 0 Å². The van der Waals surface area contributed by atoms with Gasteiger partial charge < -0.3 is 19.4 Å². The van der Waals surface area contributed by atoms with Crippen LogP contribution < -0.4 is 14.8 Å². The molecule has 3 rings (SSSR count). The Balaban J connectivity index is 1.66. The van der Waals surface area contributed by atoms with Gasteiger partial charge in [0.15, 0.2) is 28.6 Å². The van der Waals surface area contributed by atoms with Crippen LogP contribution in [0.3, 0.4) is 0 Å². The van der Waals surface area contributed by atoms with Crippen LogP contribution in [0.1, 0.15) is 64.8 Å². The second-order valence-electron chi connectivity index (χ2n) is 7.60. The predicted octanol–water partition coefficient (Wildman–Crippen LogP) is 4.38. The molecule has 1 fully saturated rings. The van der Waals surface area contributed by atoms with E-state index >= 15 is 0 Å². The van der Waals surface area contributed by atoms with Crippen molar-refractivity contribution < 1.29 is 14.3 Å². The zero-order valence-corrected chi connectivity index (χ0v) is 19.1. The van der Waals surface area contributed by atoms with E-state index in [9.17, 15) is 4.79 Å². The van der Waals surface area contributed by atoms with E-state index in [1.165, 1.54) is 31.0 Å². The van der Waals surface area contributed by atoms with E-state index < -0.39 is 0 Å². The van der Waals surface area contributed by atoms with Gasteiger partial charge in [0.25, 0.3) is 0 Å². The Morgan fingerprint density at radius 2 is 1.90 bits per heavy atom. The van der Waals surface area contributed by atoms with Crippen LogP contribution in [-0.4, -0.2) is 39.1 Å². The second-order valence-corrected chi connectivity index (χ2v) is 8.91. The van der Waals surface area contributed by atoms with Gasteiger partial charge in [0, 0.05) is 12.6 Å². The molecule has 8 heteroatoms. The van der Waals surface area contributed by atoms with Gasteiger partial charge in [0.1, 0.15) is 0 Å². The van der Waals surface area contributed by atoms with Crippen LogP contribution in [-0.2, 0) is 11.3 Å². The second kappa shape index (κ2) is 10.7. The van der Waals surface area contributed by atoms with Crippen molar-refractivity contribution in [1.29, 1.82) is 0 Å². The van der Waals surface area contributed by atoms with Crippen LogP contribution in [0, 0.1) is 0 Å². The predicted molar refractivity (Wildman–Crippen MR) is 118 cm³/mol. The number of carbonyl (C=O) groups is 1. The summed E-state index contributed by atoms with van der Waals surface area (Å²) in [6.07, 6.45) is 5.52.